The molecule has 23 heavy (non-hydrogen) atoms. The summed E-state index contributed by atoms with van der Waals surface area (Å²) in [5, 5.41) is 6.71. The smallest absolute Gasteiger partial charge is 0.132 e. The minimum atomic E-state index is 0.662. The van der Waals surface area contributed by atoms with Crippen LogP contribution in [0.4, 0.5) is 11.6 Å². The molecule has 2 N–H and O–H groups in total. The molecule has 0 saturated carbocycles. The lowest BCUT2D eigenvalue weighted by Gasteiger charge is -2.12. The van der Waals surface area contributed by atoms with Gasteiger partial charge < -0.3 is 15.4 Å². The van der Waals surface area contributed by atoms with Crippen molar-refractivity contribution in [3.05, 3.63) is 41.7 Å². The molecule has 1 heterocycles. The minimum Gasteiger partial charge on any atom is -0.496 e. The normalized spacial score (nSPS) is 10.4. The zero-order valence-corrected chi connectivity index (χ0v) is 14.2. The van der Waals surface area contributed by atoms with Crippen LogP contribution in [0.5, 0.6) is 5.75 Å². The van der Waals surface area contributed by atoms with Crippen molar-refractivity contribution >= 4 is 11.6 Å². The molecule has 0 spiro atoms. The molecule has 1 aromatic heterocycles. The van der Waals surface area contributed by atoms with Crippen LogP contribution in [-0.4, -0.2) is 23.6 Å². The first kappa shape index (κ1) is 17.1. The predicted molar refractivity (Wildman–Crippen MR) is 95.1 cm³/mol. The summed E-state index contributed by atoms with van der Waals surface area (Å²) in [5.74, 6) is 3.33. The van der Waals surface area contributed by atoms with Crippen LogP contribution in [-0.2, 0) is 6.54 Å². The average molecular weight is 314 g/mol. The molecule has 0 bridgehead atoms. The summed E-state index contributed by atoms with van der Waals surface area (Å²) in [6.07, 6.45) is 3.61. The third-order valence-corrected chi connectivity index (χ3v) is 3.58. The molecule has 0 unspecified atom stereocenters. The molecule has 0 aliphatic heterocycles. The van der Waals surface area contributed by atoms with E-state index < -0.39 is 0 Å². The number of rotatable bonds is 9. The van der Waals surface area contributed by atoms with Crippen LogP contribution in [0.3, 0.4) is 0 Å². The molecule has 0 aliphatic rings. The summed E-state index contributed by atoms with van der Waals surface area (Å²) < 4.78 is 5.37. The van der Waals surface area contributed by atoms with Gasteiger partial charge in [0.2, 0.25) is 0 Å². The first-order valence-corrected chi connectivity index (χ1v) is 8.18. The van der Waals surface area contributed by atoms with Crippen LogP contribution in [0.2, 0.25) is 0 Å². The highest BCUT2D eigenvalue weighted by molar-refractivity contribution is 5.48. The van der Waals surface area contributed by atoms with E-state index in [4.69, 9.17) is 4.74 Å². The molecule has 0 amide bonds. The van der Waals surface area contributed by atoms with Gasteiger partial charge in [0.25, 0.3) is 0 Å². The van der Waals surface area contributed by atoms with E-state index in [1.165, 1.54) is 12.8 Å². The molecular weight excluding hydrogens is 288 g/mol. The second-order valence-corrected chi connectivity index (χ2v) is 5.48. The molecule has 124 valence electrons. The van der Waals surface area contributed by atoms with Gasteiger partial charge in [-0.1, -0.05) is 38.0 Å². The lowest BCUT2D eigenvalue weighted by Crippen LogP contribution is -2.08. The summed E-state index contributed by atoms with van der Waals surface area (Å²) in [6, 6.07) is 9.93. The number of aromatic nitrogens is 2. The monoisotopic (exact) mass is 314 g/mol. The van der Waals surface area contributed by atoms with Gasteiger partial charge >= 0.3 is 0 Å². The van der Waals surface area contributed by atoms with Gasteiger partial charge in [-0.25, -0.2) is 9.97 Å². The van der Waals surface area contributed by atoms with Gasteiger partial charge in [-0.2, -0.15) is 0 Å². The second kappa shape index (κ2) is 8.98. The summed E-state index contributed by atoms with van der Waals surface area (Å²) in [4.78, 5) is 8.88. The number of hydrogen-bond donors (Lipinski definition) is 2. The number of aryl methyl sites for hydroxylation is 1. The Labute approximate surface area is 138 Å². The van der Waals surface area contributed by atoms with E-state index in [-0.39, 0.29) is 0 Å². The zero-order valence-electron chi connectivity index (χ0n) is 14.2. The molecule has 2 aromatic rings. The maximum absolute atomic E-state index is 5.37. The van der Waals surface area contributed by atoms with Gasteiger partial charge in [0.05, 0.1) is 7.11 Å². The van der Waals surface area contributed by atoms with Crippen LogP contribution >= 0.6 is 0 Å². The minimum absolute atomic E-state index is 0.662. The summed E-state index contributed by atoms with van der Waals surface area (Å²) in [5.41, 5.74) is 1.10. The van der Waals surface area contributed by atoms with Crippen molar-refractivity contribution in [1.29, 1.82) is 0 Å². The van der Waals surface area contributed by atoms with E-state index in [9.17, 15) is 0 Å². The van der Waals surface area contributed by atoms with E-state index in [0.717, 1.165) is 41.7 Å². The number of methoxy groups -OCH3 is 1. The Balaban J connectivity index is 1.98. The Kier molecular flexibility index (Phi) is 6.66. The van der Waals surface area contributed by atoms with E-state index in [1.54, 1.807) is 7.11 Å². The zero-order chi connectivity index (χ0) is 16.5. The van der Waals surface area contributed by atoms with Crippen LogP contribution < -0.4 is 15.4 Å². The van der Waals surface area contributed by atoms with Crippen LogP contribution in [0.1, 0.15) is 37.6 Å². The standard InChI is InChI=1S/C18H26N4O/c1-4-5-8-11-19-17-12-18(22-14(2)21-17)20-13-15-9-6-7-10-16(15)23-3/h6-7,9-10,12H,4-5,8,11,13H2,1-3H3,(H2,19,20,21,22). The SMILES string of the molecule is CCCCCNc1cc(NCc2ccccc2OC)nc(C)n1. The van der Waals surface area contributed by atoms with Crippen LogP contribution in [0.25, 0.3) is 0 Å². The highest BCUT2D eigenvalue weighted by atomic mass is 16.5. The van der Waals surface area contributed by atoms with Gasteiger partial charge in [-0.05, 0) is 19.4 Å². The van der Waals surface area contributed by atoms with Crippen molar-refractivity contribution in [2.45, 2.75) is 39.7 Å². The molecule has 0 saturated heterocycles. The molecular formula is C18H26N4O. The molecule has 5 nitrogen and oxygen atoms in total. The van der Waals surface area contributed by atoms with E-state index >= 15 is 0 Å². The maximum Gasteiger partial charge on any atom is 0.132 e. The molecule has 2 rings (SSSR count). The summed E-state index contributed by atoms with van der Waals surface area (Å²) >= 11 is 0. The Morgan fingerprint density at radius 2 is 1.78 bits per heavy atom. The number of unbranched alkanes of at least 4 members (excludes halogenated alkanes) is 2. The van der Waals surface area contributed by atoms with Crippen molar-refractivity contribution in [3.63, 3.8) is 0 Å². The lowest BCUT2D eigenvalue weighted by molar-refractivity contribution is 0.410. The third-order valence-electron chi connectivity index (χ3n) is 3.58. The highest BCUT2D eigenvalue weighted by Gasteiger charge is 2.04. The van der Waals surface area contributed by atoms with Crippen molar-refractivity contribution in [2.75, 3.05) is 24.3 Å². The Bertz CT molecular complexity index is 616. The quantitative estimate of drug-likeness (QED) is 0.685. The highest BCUT2D eigenvalue weighted by Crippen LogP contribution is 2.19. The fraction of sp³-hybridized carbons (Fsp3) is 0.444. The third kappa shape index (κ3) is 5.43. The van der Waals surface area contributed by atoms with Gasteiger partial charge in [0.15, 0.2) is 0 Å². The van der Waals surface area contributed by atoms with Crippen molar-refractivity contribution < 1.29 is 4.74 Å². The first-order valence-electron chi connectivity index (χ1n) is 8.18. The van der Waals surface area contributed by atoms with E-state index in [0.29, 0.717) is 6.54 Å². The number of nitrogens with one attached hydrogen (secondary N) is 2. The molecule has 0 aliphatic carbocycles. The molecule has 0 radical (unpaired) electrons. The summed E-state index contributed by atoms with van der Waals surface area (Å²) in [6.45, 7) is 5.71. The van der Waals surface area contributed by atoms with Crippen molar-refractivity contribution in [2.24, 2.45) is 0 Å². The van der Waals surface area contributed by atoms with Crippen molar-refractivity contribution in [3.8, 4) is 5.75 Å². The molecule has 5 heteroatoms. The molecule has 0 fully saturated rings. The van der Waals surface area contributed by atoms with E-state index in [2.05, 4.69) is 27.5 Å². The number of anilines is 2. The predicted octanol–water partition coefficient (Wildman–Crippen LogP) is 4.01. The fourth-order valence-electron chi connectivity index (χ4n) is 2.38. The van der Waals surface area contributed by atoms with Crippen molar-refractivity contribution in [1.82, 2.24) is 9.97 Å². The largest absolute Gasteiger partial charge is 0.496 e. The number of hydrogen-bond acceptors (Lipinski definition) is 5. The lowest BCUT2D eigenvalue weighted by atomic mass is 10.2. The van der Waals surface area contributed by atoms with Gasteiger partial charge in [-0.15, -0.1) is 0 Å². The Morgan fingerprint density at radius 3 is 2.52 bits per heavy atom. The number of nitrogens with zero attached hydrogens (tertiary/aromatic N) is 2. The molecule has 0 atom stereocenters. The Hall–Kier alpha value is -2.30. The number of para-hydroxylation sites is 1. The Morgan fingerprint density at radius 1 is 1.04 bits per heavy atom. The topological polar surface area (TPSA) is 59.1 Å². The van der Waals surface area contributed by atoms with Gasteiger partial charge in [0.1, 0.15) is 23.2 Å². The molecule has 1 aromatic carbocycles. The van der Waals surface area contributed by atoms with Crippen LogP contribution in [0, 0.1) is 6.92 Å². The van der Waals surface area contributed by atoms with E-state index in [1.807, 2.05) is 37.3 Å². The average Bonchev–Trinajstić information content (AvgIpc) is 2.57. The van der Waals surface area contributed by atoms with Crippen LogP contribution in [0.15, 0.2) is 30.3 Å². The summed E-state index contributed by atoms with van der Waals surface area (Å²) in [7, 11) is 1.69. The maximum atomic E-state index is 5.37. The number of benzene rings is 1. The van der Waals surface area contributed by atoms with Gasteiger partial charge in [0, 0.05) is 24.7 Å². The first-order chi connectivity index (χ1) is 11.2. The van der Waals surface area contributed by atoms with Gasteiger partial charge in [-0.3, -0.25) is 0 Å². The second-order valence-electron chi connectivity index (χ2n) is 5.48. The number of ether oxygens (including phenoxy) is 1. The fourth-order valence-corrected chi connectivity index (χ4v) is 2.38.